The number of anilines is 1. The van der Waals surface area contributed by atoms with Gasteiger partial charge in [-0.3, -0.25) is 9.48 Å². The van der Waals surface area contributed by atoms with Crippen molar-refractivity contribution in [3.8, 4) is 11.5 Å². The van der Waals surface area contributed by atoms with Crippen LogP contribution in [0.2, 0.25) is 0 Å². The number of aryl methyl sites for hydroxylation is 2. The third-order valence-corrected chi connectivity index (χ3v) is 3.95. The number of carbonyl (C=O) groups excluding carboxylic acids is 1. The number of furan rings is 1. The Morgan fingerprint density at radius 3 is 2.85 bits per heavy atom. The number of ether oxygens (including phenoxy) is 2. The highest BCUT2D eigenvalue weighted by molar-refractivity contribution is 6.01. The van der Waals surface area contributed by atoms with E-state index in [1.165, 1.54) is 6.08 Å². The molecule has 2 heterocycles. The van der Waals surface area contributed by atoms with E-state index >= 15 is 0 Å². The van der Waals surface area contributed by atoms with Crippen LogP contribution in [0.3, 0.4) is 0 Å². The Balaban J connectivity index is 1.54. The number of nitrogens with one attached hydrogen (secondary N) is 1. The molecule has 7 heteroatoms. The van der Waals surface area contributed by atoms with Gasteiger partial charge in [0, 0.05) is 24.4 Å². The summed E-state index contributed by atoms with van der Waals surface area (Å²) in [6.07, 6.45) is 10.4. The Bertz CT molecular complexity index is 913. The van der Waals surface area contributed by atoms with Gasteiger partial charge in [0.15, 0.2) is 11.5 Å². The van der Waals surface area contributed by atoms with E-state index < -0.39 is 0 Å². The summed E-state index contributed by atoms with van der Waals surface area (Å²) < 4.78 is 17.3. The number of aromatic nitrogens is 2. The van der Waals surface area contributed by atoms with Crippen LogP contribution in [0.4, 0.5) is 5.69 Å². The molecule has 1 amide bonds. The van der Waals surface area contributed by atoms with Crippen molar-refractivity contribution >= 4 is 17.7 Å². The highest BCUT2D eigenvalue weighted by Crippen LogP contribution is 2.27. The molecule has 0 fully saturated rings. The van der Waals surface area contributed by atoms with Crippen molar-refractivity contribution < 1.29 is 18.7 Å². The first-order valence-corrected chi connectivity index (χ1v) is 8.42. The summed E-state index contributed by atoms with van der Waals surface area (Å²) in [6, 6.07) is 7.60. The van der Waals surface area contributed by atoms with E-state index in [0.717, 1.165) is 17.5 Å². The minimum Gasteiger partial charge on any atom is -0.493 e. The molecule has 0 aliphatic rings. The van der Waals surface area contributed by atoms with Gasteiger partial charge in [-0.25, -0.2) is 0 Å². The van der Waals surface area contributed by atoms with Gasteiger partial charge in [0.1, 0.15) is 0 Å². The largest absolute Gasteiger partial charge is 0.493 e. The molecular formula is C20H21N3O4. The van der Waals surface area contributed by atoms with Crippen molar-refractivity contribution in [3.05, 3.63) is 66.4 Å². The van der Waals surface area contributed by atoms with Crippen LogP contribution in [0.1, 0.15) is 11.1 Å². The molecule has 0 saturated heterocycles. The first-order chi connectivity index (χ1) is 13.2. The molecule has 27 heavy (non-hydrogen) atoms. The number of carbonyl (C=O) groups is 1. The predicted molar refractivity (Wildman–Crippen MR) is 102 cm³/mol. The molecule has 3 aromatic rings. The molecule has 0 aliphatic heterocycles. The fourth-order valence-corrected chi connectivity index (χ4v) is 2.56. The fraction of sp³-hybridized carbons (Fsp3) is 0.200. The van der Waals surface area contributed by atoms with Crippen molar-refractivity contribution in [3.63, 3.8) is 0 Å². The number of methoxy groups -OCH3 is 2. The third kappa shape index (κ3) is 5.01. The van der Waals surface area contributed by atoms with Crippen LogP contribution >= 0.6 is 0 Å². The smallest absolute Gasteiger partial charge is 0.248 e. The summed E-state index contributed by atoms with van der Waals surface area (Å²) in [7, 11) is 3.23. The molecule has 0 spiro atoms. The number of amides is 1. The van der Waals surface area contributed by atoms with Crippen molar-refractivity contribution in [1.82, 2.24) is 9.78 Å². The molecule has 140 valence electrons. The van der Waals surface area contributed by atoms with E-state index in [0.29, 0.717) is 23.7 Å². The minimum absolute atomic E-state index is 0.226. The lowest BCUT2D eigenvalue weighted by Crippen LogP contribution is -2.07. The van der Waals surface area contributed by atoms with Crippen LogP contribution in [-0.4, -0.2) is 29.9 Å². The molecule has 0 atom stereocenters. The quantitative estimate of drug-likeness (QED) is 0.618. The summed E-state index contributed by atoms with van der Waals surface area (Å²) >= 11 is 0. The van der Waals surface area contributed by atoms with Gasteiger partial charge in [-0.05, 0) is 36.3 Å². The first kappa shape index (κ1) is 18.3. The Morgan fingerprint density at radius 1 is 1.26 bits per heavy atom. The molecule has 0 unspecified atom stereocenters. The Hall–Kier alpha value is -3.48. The number of hydrogen-bond acceptors (Lipinski definition) is 5. The lowest BCUT2D eigenvalue weighted by atomic mass is 10.1. The highest BCUT2D eigenvalue weighted by atomic mass is 16.5. The second-order valence-corrected chi connectivity index (χ2v) is 5.81. The molecule has 2 aromatic heterocycles. The summed E-state index contributed by atoms with van der Waals surface area (Å²) in [6.45, 7) is 0.677. The topological polar surface area (TPSA) is 78.5 Å². The first-order valence-electron chi connectivity index (χ1n) is 8.42. The summed E-state index contributed by atoms with van der Waals surface area (Å²) in [5.41, 5.74) is 2.58. The molecule has 7 nitrogen and oxygen atoms in total. The zero-order chi connectivity index (χ0) is 19.1. The number of hydrogen-bond donors (Lipinski definition) is 1. The zero-order valence-electron chi connectivity index (χ0n) is 15.2. The van der Waals surface area contributed by atoms with E-state index in [1.807, 2.05) is 18.2 Å². The molecule has 1 aromatic carbocycles. The number of benzene rings is 1. The SMILES string of the molecule is COc1ccc(CCn2cc(NC(=O)C=Cc3ccoc3)cn2)cc1OC. The van der Waals surface area contributed by atoms with Crippen LogP contribution < -0.4 is 14.8 Å². The Labute approximate surface area is 157 Å². The van der Waals surface area contributed by atoms with E-state index in [-0.39, 0.29) is 5.91 Å². The van der Waals surface area contributed by atoms with E-state index in [1.54, 1.807) is 56.0 Å². The lowest BCUT2D eigenvalue weighted by molar-refractivity contribution is -0.111. The zero-order valence-corrected chi connectivity index (χ0v) is 15.2. The monoisotopic (exact) mass is 367 g/mol. The van der Waals surface area contributed by atoms with Crippen molar-refractivity contribution in [1.29, 1.82) is 0 Å². The van der Waals surface area contributed by atoms with E-state index in [9.17, 15) is 4.79 Å². The maximum Gasteiger partial charge on any atom is 0.248 e. The third-order valence-electron chi connectivity index (χ3n) is 3.95. The Morgan fingerprint density at radius 2 is 2.11 bits per heavy atom. The van der Waals surface area contributed by atoms with Crippen LogP contribution in [0.15, 0.2) is 59.7 Å². The number of nitrogens with zero attached hydrogens (tertiary/aromatic N) is 2. The van der Waals surface area contributed by atoms with Gasteiger partial charge in [-0.15, -0.1) is 0 Å². The fourth-order valence-electron chi connectivity index (χ4n) is 2.56. The van der Waals surface area contributed by atoms with Gasteiger partial charge in [0.2, 0.25) is 5.91 Å². The van der Waals surface area contributed by atoms with Gasteiger partial charge >= 0.3 is 0 Å². The van der Waals surface area contributed by atoms with Gasteiger partial charge < -0.3 is 19.2 Å². The van der Waals surface area contributed by atoms with Crippen LogP contribution in [-0.2, 0) is 17.8 Å². The maximum absolute atomic E-state index is 11.9. The molecule has 0 bridgehead atoms. The predicted octanol–water partition coefficient (Wildman–Crippen LogP) is 3.39. The molecular weight excluding hydrogens is 346 g/mol. The average molecular weight is 367 g/mol. The maximum atomic E-state index is 11.9. The van der Waals surface area contributed by atoms with Gasteiger partial charge in [-0.2, -0.15) is 5.10 Å². The normalized spacial score (nSPS) is 10.9. The average Bonchev–Trinajstić information content (AvgIpc) is 3.36. The Kier molecular flexibility index (Phi) is 5.94. The summed E-state index contributed by atoms with van der Waals surface area (Å²) in [5, 5.41) is 7.06. The minimum atomic E-state index is -0.226. The van der Waals surface area contributed by atoms with Crippen LogP contribution in [0.25, 0.3) is 6.08 Å². The molecule has 0 aliphatic carbocycles. The van der Waals surface area contributed by atoms with E-state index in [4.69, 9.17) is 13.9 Å². The van der Waals surface area contributed by atoms with Crippen molar-refractivity contribution in [2.75, 3.05) is 19.5 Å². The molecule has 0 saturated carbocycles. The molecule has 0 radical (unpaired) electrons. The van der Waals surface area contributed by atoms with Crippen LogP contribution in [0, 0.1) is 0 Å². The number of rotatable bonds is 8. The lowest BCUT2D eigenvalue weighted by Gasteiger charge is -2.09. The van der Waals surface area contributed by atoms with Crippen molar-refractivity contribution in [2.24, 2.45) is 0 Å². The summed E-state index contributed by atoms with van der Waals surface area (Å²) in [4.78, 5) is 11.9. The molecule has 3 rings (SSSR count). The highest BCUT2D eigenvalue weighted by Gasteiger charge is 2.06. The van der Waals surface area contributed by atoms with E-state index in [2.05, 4.69) is 10.4 Å². The second kappa shape index (κ2) is 8.75. The standard InChI is InChI=1S/C20H21N3O4/c1-25-18-5-3-15(11-19(18)26-2)7-9-23-13-17(12-21-23)22-20(24)6-4-16-8-10-27-14-16/h3-6,8,10-14H,7,9H2,1-2H3,(H,22,24). The van der Waals surface area contributed by atoms with Crippen LogP contribution in [0.5, 0.6) is 11.5 Å². The summed E-state index contributed by atoms with van der Waals surface area (Å²) in [5.74, 6) is 1.18. The van der Waals surface area contributed by atoms with Gasteiger partial charge in [-0.1, -0.05) is 6.07 Å². The van der Waals surface area contributed by atoms with Gasteiger partial charge in [0.05, 0.1) is 38.6 Å². The van der Waals surface area contributed by atoms with Crippen molar-refractivity contribution in [2.45, 2.75) is 13.0 Å². The van der Waals surface area contributed by atoms with Gasteiger partial charge in [0.25, 0.3) is 0 Å². The molecule has 1 N–H and O–H groups in total. The second-order valence-electron chi connectivity index (χ2n) is 5.81.